The van der Waals surface area contributed by atoms with Crippen LogP contribution in [-0.4, -0.2) is 53.0 Å². The molecule has 27 heavy (non-hydrogen) atoms. The van der Waals surface area contributed by atoms with Gasteiger partial charge in [0.05, 0.1) is 11.5 Å². The summed E-state index contributed by atoms with van der Waals surface area (Å²) in [5.74, 6) is -1.63. The van der Waals surface area contributed by atoms with E-state index in [1.165, 1.54) is 0 Å². The zero-order valence-electron chi connectivity index (χ0n) is 17.0. The average Bonchev–Trinajstić information content (AvgIpc) is 2.47. The summed E-state index contributed by atoms with van der Waals surface area (Å²) in [6.07, 6.45) is 2.02. The summed E-state index contributed by atoms with van der Waals surface area (Å²) in [5, 5.41) is 24.7. The van der Waals surface area contributed by atoms with Crippen LogP contribution >= 0.6 is 0 Å². The van der Waals surface area contributed by atoms with Gasteiger partial charge in [-0.2, -0.15) is 0 Å². The Labute approximate surface area is 160 Å². The van der Waals surface area contributed by atoms with Crippen molar-refractivity contribution in [1.82, 2.24) is 10.6 Å². The zero-order chi connectivity index (χ0) is 20.8. The lowest BCUT2D eigenvalue weighted by molar-refractivity contribution is -0.180. The predicted molar refractivity (Wildman–Crippen MR) is 101 cm³/mol. The van der Waals surface area contributed by atoms with Crippen molar-refractivity contribution in [2.75, 3.05) is 13.1 Å². The number of hydrogen-bond acceptors (Lipinski definition) is 6. The molecule has 1 aliphatic carbocycles. The molecule has 8 heteroatoms. The van der Waals surface area contributed by atoms with E-state index in [4.69, 9.17) is 9.47 Å². The van der Waals surface area contributed by atoms with E-state index in [9.17, 15) is 19.8 Å². The highest BCUT2D eigenvalue weighted by Crippen LogP contribution is 2.23. The maximum Gasteiger partial charge on any atom is 0.407 e. The Kier molecular flexibility index (Phi) is 8.01. The fourth-order valence-electron chi connectivity index (χ4n) is 2.44. The van der Waals surface area contributed by atoms with E-state index in [1.807, 2.05) is 26.8 Å². The van der Waals surface area contributed by atoms with Gasteiger partial charge in [-0.25, -0.2) is 4.79 Å². The quantitative estimate of drug-likeness (QED) is 0.497. The van der Waals surface area contributed by atoms with Gasteiger partial charge in [-0.1, -0.05) is 17.7 Å². The molecule has 0 aromatic carbocycles. The van der Waals surface area contributed by atoms with Crippen LogP contribution in [0.2, 0.25) is 0 Å². The SMILES string of the molecule is CC(C)(C)OC(=O)NCC1=CC(C(=O)O)CC(CNC(O)OC(C)(C)C)=C1. The van der Waals surface area contributed by atoms with Crippen LogP contribution in [0.4, 0.5) is 4.79 Å². The van der Waals surface area contributed by atoms with Gasteiger partial charge < -0.3 is 25.0 Å². The fourth-order valence-corrected chi connectivity index (χ4v) is 2.44. The number of carbonyl (C=O) groups is 2. The van der Waals surface area contributed by atoms with Crippen molar-refractivity contribution in [2.45, 2.75) is 65.6 Å². The maximum absolute atomic E-state index is 11.8. The van der Waals surface area contributed by atoms with Crippen molar-refractivity contribution < 1.29 is 29.3 Å². The molecule has 1 aliphatic rings. The number of rotatable bonds is 7. The van der Waals surface area contributed by atoms with Gasteiger partial charge in [0.25, 0.3) is 0 Å². The molecule has 0 aromatic heterocycles. The van der Waals surface area contributed by atoms with E-state index in [2.05, 4.69) is 10.6 Å². The lowest BCUT2D eigenvalue weighted by Gasteiger charge is -2.26. The molecule has 2 atom stereocenters. The van der Waals surface area contributed by atoms with Crippen molar-refractivity contribution in [3.8, 4) is 0 Å². The molecule has 0 fully saturated rings. The van der Waals surface area contributed by atoms with Crippen molar-refractivity contribution >= 4 is 12.1 Å². The lowest BCUT2D eigenvalue weighted by Crippen LogP contribution is -2.39. The molecule has 1 amide bonds. The van der Waals surface area contributed by atoms with Crippen LogP contribution in [0.1, 0.15) is 48.0 Å². The molecule has 1 rings (SSSR count). The molecular weight excluding hydrogens is 352 g/mol. The first-order valence-corrected chi connectivity index (χ1v) is 8.94. The summed E-state index contributed by atoms with van der Waals surface area (Å²) in [6, 6.07) is 0. The van der Waals surface area contributed by atoms with Crippen LogP contribution < -0.4 is 10.6 Å². The van der Waals surface area contributed by atoms with Crippen molar-refractivity contribution in [3.63, 3.8) is 0 Å². The van der Waals surface area contributed by atoms with Crippen LogP contribution in [0.15, 0.2) is 23.3 Å². The van der Waals surface area contributed by atoms with E-state index < -0.39 is 35.6 Å². The molecule has 0 radical (unpaired) electrons. The van der Waals surface area contributed by atoms with Crippen molar-refractivity contribution in [2.24, 2.45) is 5.92 Å². The van der Waals surface area contributed by atoms with E-state index >= 15 is 0 Å². The summed E-state index contributed by atoms with van der Waals surface area (Å²) >= 11 is 0. The van der Waals surface area contributed by atoms with Crippen LogP contribution in [0.3, 0.4) is 0 Å². The topological polar surface area (TPSA) is 117 Å². The average molecular weight is 384 g/mol. The number of carbonyl (C=O) groups excluding carboxylic acids is 1. The van der Waals surface area contributed by atoms with Crippen LogP contribution in [0.5, 0.6) is 0 Å². The monoisotopic (exact) mass is 384 g/mol. The normalized spacial score (nSPS) is 19.0. The third kappa shape index (κ3) is 10.1. The molecule has 0 spiro atoms. The maximum atomic E-state index is 11.8. The Balaban J connectivity index is 2.69. The van der Waals surface area contributed by atoms with E-state index in [0.29, 0.717) is 12.0 Å². The molecule has 4 N–H and O–H groups in total. The second kappa shape index (κ2) is 9.34. The van der Waals surface area contributed by atoms with Gasteiger partial charge in [0.1, 0.15) is 5.60 Å². The number of alkyl carbamates (subject to hydrolysis) is 1. The number of hydrogen-bond donors (Lipinski definition) is 4. The van der Waals surface area contributed by atoms with E-state index in [0.717, 1.165) is 5.57 Å². The number of carboxylic acid groups (broad SMARTS) is 1. The Morgan fingerprint density at radius 1 is 1.19 bits per heavy atom. The number of carboxylic acids is 1. The Hall–Kier alpha value is -1.90. The third-order valence-electron chi connectivity index (χ3n) is 3.41. The van der Waals surface area contributed by atoms with Gasteiger partial charge in [-0.3, -0.25) is 10.1 Å². The van der Waals surface area contributed by atoms with Crippen LogP contribution in [0, 0.1) is 5.92 Å². The highest BCUT2D eigenvalue weighted by molar-refractivity contribution is 5.74. The van der Waals surface area contributed by atoms with Crippen molar-refractivity contribution in [3.05, 3.63) is 23.3 Å². The van der Waals surface area contributed by atoms with Gasteiger partial charge in [0.2, 0.25) is 6.41 Å². The zero-order valence-corrected chi connectivity index (χ0v) is 17.0. The summed E-state index contributed by atoms with van der Waals surface area (Å²) < 4.78 is 10.5. The number of aliphatic hydroxyl groups is 1. The van der Waals surface area contributed by atoms with Gasteiger partial charge >= 0.3 is 12.1 Å². The summed E-state index contributed by atoms with van der Waals surface area (Å²) in [5.41, 5.74) is 0.340. The van der Waals surface area contributed by atoms with E-state index in [-0.39, 0.29) is 13.1 Å². The minimum atomic E-state index is -1.16. The van der Waals surface area contributed by atoms with Gasteiger partial charge in [0.15, 0.2) is 0 Å². The highest BCUT2D eigenvalue weighted by Gasteiger charge is 2.23. The van der Waals surface area contributed by atoms with Gasteiger partial charge in [0, 0.05) is 13.1 Å². The van der Waals surface area contributed by atoms with Gasteiger partial charge in [-0.05, 0) is 53.5 Å². The standard InChI is InChI=1S/C19H32N2O6/c1-18(2,3)26-16(24)20-10-12-7-13(9-14(8-12)15(22)23)11-21-17(25)27-19(4,5)6/h7-8,14,17,21,25H,9-11H2,1-6H3,(H,20,24)(H,22,23). The highest BCUT2D eigenvalue weighted by atomic mass is 16.6. The number of aliphatic carboxylic acids is 1. The molecule has 8 nitrogen and oxygen atoms in total. The van der Waals surface area contributed by atoms with Crippen LogP contribution in [-0.2, 0) is 14.3 Å². The summed E-state index contributed by atoms with van der Waals surface area (Å²) in [6.45, 7) is 11.2. The minimum absolute atomic E-state index is 0.156. The molecular formula is C19H32N2O6. The number of aliphatic hydroxyl groups excluding tert-OH is 1. The Bertz CT molecular complexity index is 598. The van der Waals surface area contributed by atoms with E-state index in [1.54, 1.807) is 26.8 Å². The second-order valence-electron chi connectivity index (χ2n) is 8.51. The fraction of sp³-hybridized carbons (Fsp3) is 0.684. The predicted octanol–water partition coefficient (Wildman–Crippen LogP) is 2.15. The summed E-state index contributed by atoms with van der Waals surface area (Å²) in [7, 11) is 0. The molecule has 2 unspecified atom stereocenters. The van der Waals surface area contributed by atoms with Crippen molar-refractivity contribution in [1.29, 1.82) is 0 Å². The minimum Gasteiger partial charge on any atom is -0.481 e. The smallest absolute Gasteiger partial charge is 0.407 e. The Morgan fingerprint density at radius 3 is 2.33 bits per heavy atom. The Morgan fingerprint density at radius 2 is 1.81 bits per heavy atom. The van der Waals surface area contributed by atoms with Crippen LogP contribution in [0.25, 0.3) is 0 Å². The number of nitrogens with one attached hydrogen (secondary N) is 2. The molecule has 0 aliphatic heterocycles. The first kappa shape index (κ1) is 23.1. The second-order valence-corrected chi connectivity index (χ2v) is 8.51. The molecule has 0 saturated heterocycles. The first-order valence-electron chi connectivity index (χ1n) is 8.94. The molecule has 154 valence electrons. The number of amides is 1. The molecule has 0 bridgehead atoms. The first-order chi connectivity index (χ1) is 12.2. The number of ether oxygens (including phenoxy) is 2. The van der Waals surface area contributed by atoms with Gasteiger partial charge in [-0.15, -0.1) is 0 Å². The lowest BCUT2D eigenvalue weighted by atomic mass is 9.90. The molecule has 0 heterocycles. The third-order valence-corrected chi connectivity index (χ3v) is 3.41. The summed E-state index contributed by atoms with van der Waals surface area (Å²) in [4.78, 5) is 23.2. The molecule has 0 saturated carbocycles. The largest absolute Gasteiger partial charge is 0.481 e. The molecule has 0 aromatic rings.